The molecular weight excluding hydrogens is 240 g/mol. The zero-order chi connectivity index (χ0) is 13.4. The first kappa shape index (κ1) is 12.7. The normalized spacial score (nSPS) is 24.6. The quantitative estimate of drug-likeness (QED) is 0.900. The van der Waals surface area contributed by atoms with Gasteiger partial charge in [0.2, 0.25) is 5.91 Å². The van der Waals surface area contributed by atoms with Crippen LogP contribution in [0.25, 0.3) is 0 Å². The molecule has 1 aliphatic heterocycles. The minimum Gasteiger partial charge on any atom is -0.330 e. The minimum atomic E-state index is 0.189. The van der Waals surface area contributed by atoms with Gasteiger partial charge in [0.1, 0.15) is 5.82 Å². The highest BCUT2D eigenvalue weighted by Gasteiger charge is 2.33. The van der Waals surface area contributed by atoms with Crippen molar-refractivity contribution in [2.45, 2.75) is 45.1 Å². The Kier molecular flexibility index (Phi) is 3.31. The maximum atomic E-state index is 12.1. The third kappa shape index (κ3) is 2.27. The van der Waals surface area contributed by atoms with E-state index in [0.29, 0.717) is 24.9 Å². The first-order chi connectivity index (χ1) is 9.19. The molecule has 104 valence electrons. The molecule has 2 heterocycles. The van der Waals surface area contributed by atoms with Gasteiger partial charge in [0.15, 0.2) is 0 Å². The highest BCUT2D eigenvalue weighted by molar-refractivity contribution is 5.95. The van der Waals surface area contributed by atoms with Crippen molar-refractivity contribution in [1.82, 2.24) is 9.78 Å². The standard InChI is InChI=1S/C14H22N4O/c1-10-6-13(17-9-11(8-15)7-14(17)19)18(16-10)12-4-2-3-5-12/h6,11-12H,2-5,7-9,15H2,1H3. The SMILES string of the molecule is Cc1cc(N2CC(CN)CC2=O)n(C2CCCC2)n1. The summed E-state index contributed by atoms with van der Waals surface area (Å²) in [6.07, 6.45) is 5.46. The molecule has 0 bridgehead atoms. The second-order valence-corrected chi connectivity index (χ2v) is 5.84. The van der Waals surface area contributed by atoms with E-state index in [9.17, 15) is 4.79 Å². The second-order valence-electron chi connectivity index (χ2n) is 5.84. The molecule has 1 unspecified atom stereocenters. The first-order valence-corrected chi connectivity index (χ1v) is 7.25. The summed E-state index contributed by atoms with van der Waals surface area (Å²) in [5.74, 6) is 1.46. The summed E-state index contributed by atoms with van der Waals surface area (Å²) < 4.78 is 2.08. The lowest BCUT2D eigenvalue weighted by atomic mass is 10.1. The Bertz CT molecular complexity index is 476. The molecule has 0 aromatic carbocycles. The largest absolute Gasteiger partial charge is 0.330 e. The van der Waals surface area contributed by atoms with Crippen molar-refractivity contribution >= 4 is 11.7 Å². The van der Waals surface area contributed by atoms with Crippen LogP contribution >= 0.6 is 0 Å². The number of nitrogens with two attached hydrogens (primary N) is 1. The number of nitrogens with zero attached hydrogens (tertiary/aromatic N) is 3. The van der Waals surface area contributed by atoms with Gasteiger partial charge in [-0.2, -0.15) is 5.10 Å². The molecule has 1 aromatic rings. The van der Waals surface area contributed by atoms with Gasteiger partial charge < -0.3 is 5.73 Å². The van der Waals surface area contributed by atoms with Gasteiger partial charge in [0, 0.05) is 19.0 Å². The monoisotopic (exact) mass is 262 g/mol. The van der Waals surface area contributed by atoms with Crippen molar-refractivity contribution < 1.29 is 4.79 Å². The Labute approximate surface area is 113 Å². The Morgan fingerprint density at radius 3 is 2.79 bits per heavy atom. The third-order valence-electron chi connectivity index (χ3n) is 4.32. The molecule has 19 heavy (non-hydrogen) atoms. The van der Waals surface area contributed by atoms with Gasteiger partial charge in [-0.15, -0.1) is 0 Å². The van der Waals surface area contributed by atoms with Crippen LogP contribution in [0.15, 0.2) is 6.07 Å². The fourth-order valence-electron chi connectivity index (χ4n) is 3.28. The van der Waals surface area contributed by atoms with Crippen LogP contribution < -0.4 is 10.6 Å². The number of rotatable bonds is 3. The van der Waals surface area contributed by atoms with E-state index in [4.69, 9.17) is 5.73 Å². The van der Waals surface area contributed by atoms with Gasteiger partial charge in [-0.3, -0.25) is 9.69 Å². The summed E-state index contributed by atoms with van der Waals surface area (Å²) in [7, 11) is 0. The van der Waals surface area contributed by atoms with Crippen LogP contribution in [-0.2, 0) is 4.79 Å². The molecule has 2 aliphatic rings. The van der Waals surface area contributed by atoms with E-state index < -0.39 is 0 Å². The summed E-state index contributed by atoms with van der Waals surface area (Å²) >= 11 is 0. The molecule has 2 N–H and O–H groups in total. The van der Waals surface area contributed by atoms with Gasteiger partial charge in [-0.05, 0) is 32.2 Å². The van der Waals surface area contributed by atoms with Crippen molar-refractivity contribution in [3.63, 3.8) is 0 Å². The summed E-state index contributed by atoms with van der Waals surface area (Å²) in [6, 6.07) is 2.50. The number of carbonyl (C=O) groups is 1. The van der Waals surface area contributed by atoms with E-state index in [1.807, 2.05) is 17.9 Å². The Morgan fingerprint density at radius 2 is 2.16 bits per heavy atom. The van der Waals surface area contributed by atoms with Crippen LogP contribution in [-0.4, -0.2) is 28.8 Å². The molecule has 1 aliphatic carbocycles. The van der Waals surface area contributed by atoms with E-state index in [2.05, 4.69) is 9.78 Å². The molecule has 1 amide bonds. The number of aryl methyl sites for hydroxylation is 1. The van der Waals surface area contributed by atoms with Crippen LogP contribution in [0.2, 0.25) is 0 Å². The van der Waals surface area contributed by atoms with Crippen molar-refractivity contribution in [3.8, 4) is 0 Å². The number of hydrogen-bond acceptors (Lipinski definition) is 3. The number of amides is 1. The number of anilines is 1. The van der Waals surface area contributed by atoms with Crippen LogP contribution in [0.1, 0.15) is 43.8 Å². The predicted molar refractivity (Wildman–Crippen MR) is 74.0 cm³/mol. The molecule has 2 fully saturated rings. The lowest BCUT2D eigenvalue weighted by molar-refractivity contribution is -0.117. The van der Waals surface area contributed by atoms with Crippen LogP contribution in [0.5, 0.6) is 0 Å². The average Bonchev–Trinajstić information content (AvgIpc) is 3.07. The molecule has 5 heteroatoms. The lowest BCUT2D eigenvalue weighted by Crippen LogP contribution is -2.29. The smallest absolute Gasteiger partial charge is 0.228 e. The predicted octanol–water partition coefficient (Wildman–Crippen LogP) is 1.62. The second kappa shape index (κ2) is 4.96. The molecule has 1 aromatic heterocycles. The van der Waals surface area contributed by atoms with Crippen LogP contribution in [0, 0.1) is 12.8 Å². The summed E-state index contributed by atoms with van der Waals surface area (Å²) in [5.41, 5.74) is 6.69. The molecule has 0 spiro atoms. The van der Waals surface area contributed by atoms with Crippen LogP contribution in [0.4, 0.5) is 5.82 Å². The maximum Gasteiger partial charge on any atom is 0.228 e. The lowest BCUT2D eigenvalue weighted by Gasteiger charge is -2.21. The topological polar surface area (TPSA) is 64.2 Å². The highest BCUT2D eigenvalue weighted by Crippen LogP contribution is 2.34. The van der Waals surface area contributed by atoms with Gasteiger partial charge in [0.25, 0.3) is 0 Å². The molecule has 1 atom stereocenters. The minimum absolute atomic E-state index is 0.189. The fourth-order valence-corrected chi connectivity index (χ4v) is 3.28. The summed E-state index contributed by atoms with van der Waals surface area (Å²) in [5, 5.41) is 4.61. The van der Waals surface area contributed by atoms with Crippen molar-refractivity contribution in [2.75, 3.05) is 18.0 Å². The molecule has 1 saturated carbocycles. The zero-order valence-corrected chi connectivity index (χ0v) is 11.5. The van der Waals surface area contributed by atoms with E-state index >= 15 is 0 Å². The fraction of sp³-hybridized carbons (Fsp3) is 0.714. The first-order valence-electron chi connectivity index (χ1n) is 7.25. The number of aromatic nitrogens is 2. The van der Waals surface area contributed by atoms with Gasteiger partial charge in [0.05, 0.1) is 11.7 Å². The van der Waals surface area contributed by atoms with E-state index in [1.165, 1.54) is 25.7 Å². The van der Waals surface area contributed by atoms with Crippen molar-refractivity contribution in [1.29, 1.82) is 0 Å². The van der Waals surface area contributed by atoms with Crippen LogP contribution in [0.3, 0.4) is 0 Å². The third-order valence-corrected chi connectivity index (χ3v) is 4.32. The molecule has 3 rings (SSSR count). The zero-order valence-electron chi connectivity index (χ0n) is 11.5. The van der Waals surface area contributed by atoms with Crippen molar-refractivity contribution in [2.24, 2.45) is 11.7 Å². The van der Waals surface area contributed by atoms with Crippen molar-refractivity contribution in [3.05, 3.63) is 11.8 Å². The molecular formula is C14H22N4O. The van der Waals surface area contributed by atoms with Gasteiger partial charge in [-0.25, -0.2) is 4.68 Å². The van der Waals surface area contributed by atoms with Gasteiger partial charge >= 0.3 is 0 Å². The summed E-state index contributed by atoms with van der Waals surface area (Å²) in [6.45, 7) is 3.32. The Morgan fingerprint density at radius 1 is 1.42 bits per heavy atom. The number of hydrogen-bond donors (Lipinski definition) is 1. The Balaban J connectivity index is 1.89. The summed E-state index contributed by atoms with van der Waals surface area (Å²) in [4.78, 5) is 14.0. The number of carbonyl (C=O) groups excluding carboxylic acids is 1. The van der Waals surface area contributed by atoms with E-state index in [-0.39, 0.29) is 5.91 Å². The van der Waals surface area contributed by atoms with E-state index in [0.717, 1.165) is 18.1 Å². The molecule has 1 saturated heterocycles. The van der Waals surface area contributed by atoms with Gasteiger partial charge in [-0.1, -0.05) is 12.8 Å². The highest BCUT2D eigenvalue weighted by atomic mass is 16.2. The maximum absolute atomic E-state index is 12.1. The Hall–Kier alpha value is -1.36. The molecule has 0 radical (unpaired) electrons. The average molecular weight is 262 g/mol. The van der Waals surface area contributed by atoms with E-state index in [1.54, 1.807) is 0 Å². The molecule has 5 nitrogen and oxygen atoms in total.